The summed E-state index contributed by atoms with van der Waals surface area (Å²) in [6.07, 6.45) is 5.13. The molecule has 0 bridgehead atoms. The van der Waals surface area contributed by atoms with Crippen molar-refractivity contribution in [3.8, 4) is 11.4 Å². The van der Waals surface area contributed by atoms with Crippen LogP contribution in [0.1, 0.15) is 0 Å². The van der Waals surface area contributed by atoms with Crippen molar-refractivity contribution < 1.29 is 4.84 Å². The van der Waals surface area contributed by atoms with Gasteiger partial charge in [0.1, 0.15) is 11.8 Å². The van der Waals surface area contributed by atoms with Gasteiger partial charge in [0.25, 0.3) is 0 Å². The predicted octanol–water partition coefficient (Wildman–Crippen LogP) is 1.71. The van der Waals surface area contributed by atoms with Crippen LogP contribution in [0.3, 0.4) is 0 Å². The minimum Gasteiger partial charge on any atom is -0.395 e. The number of nitrogens with two attached hydrogens (primary N) is 1. The van der Waals surface area contributed by atoms with Gasteiger partial charge in [0.2, 0.25) is 0 Å². The largest absolute Gasteiger partial charge is 0.395 e. The van der Waals surface area contributed by atoms with Crippen LogP contribution < -0.4 is 16.3 Å². The standard InChI is InChI=1S/C14H12N6O/c15-13-12-11(19-8-9-21-18-19)6-7-20(12)17-14(16-13)10-4-2-1-3-5-10/h1-9,18H,(H2,15,16,17). The maximum absolute atomic E-state index is 6.12. The number of benzene rings is 1. The summed E-state index contributed by atoms with van der Waals surface area (Å²) in [6.45, 7) is 0. The maximum atomic E-state index is 6.12. The van der Waals surface area contributed by atoms with E-state index in [1.807, 2.05) is 42.6 Å². The lowest BCUT2D eigenvalue weighted by molar-refractivity contribution is 0.159. The lowest BCUT2D eigenvalue weighted by atomic mass is 10.2. The van der Waals surface area contributed by atoms with Gasteiger partial charge in [-0.15, -0.1) is 5.10 Å². The number of nitrogens with zero attached hydrogens (tertiary/aromatic N) is 4. The highest BCUT2D eigenvalue weighted by Crippen LogP contribution is 2.28. The van der Waals surface area contributed by atoms with Crippen LogP contribution in [0.2, 0.25) is 0 Å². The Bertz CT molecular complexity index is 826. The molecule has 7 nitrogen and oxygen atoms in total. The van der Waals surface area contributed by atoms with E-state index < -0.39 is 0 Å². The Morgan fingerprint density at radius 3 is 2.76 bits per heavy atom. The monoisotopic (exact) mass is 280 g/mol. The summed E-state index contributed by atoms with van der Waals surface area (Å²) >= 11 is 0. The molecule has 1 aliphatic heterocycles. The molecule has 21 heavy (non-hydrogen) atoms. The molecule has 0 amide bonds. The minimum atomic E-state index is 0.408. The molecule has 3 heterocycles. The second-order valence-corrected chi connectivity index (χ2v) is 4.55. The number of anilines is 2. The highest BCUT2D eigenvalue weighted by atomic mass is 16.7. The Kier molecular flexibility index (Phi) is 2.51. The molecule has 0 atom stereocenters. The van der Waals surface area contributed by atoms with Crippen molar-refractivity contribution in [2.45, 2.75) is 0 Å². The summed E-state index contributed by atoms with van der Waals surface area (Å²) in [5.74, 6) is 0.995. The fourth-order valence-corrected chi connectivity index (χ4v) is 2.28. The van der Waals surface area contributed by atoms with Crippen molar-refractivity contribution >= 4 is 17.0 Å². The van der Waals surface area contributed by atoms with Gasteiger partial charge in [-0.2, -0.15) is 0 Å². The fraction of sp³-hybridized carbons (Fsp3) is 0. The van der Waals surface area contributed by atoms with E-state index in [1.165, 1.54) is 0 Å². The smallest absolute Gasteiger partial charge is 0.182 e. The number of fused-ring (bicyclic) bond motifs is 1. The molecule has 104 valence electrons. The normalized spacial score (nSPS) is 13.8. The molecule has 0 unspecified atom stereocenters. The Labute approximate surface area is 120 Å². The molecule has 7 heteroatoms. The zero-order valence-corrected chi connectivity index (χ0v) is 11.0. The average Bonchev–Trinajstić information content (AvgIpc) is 3.17. The number of rotatable bonds is 2. The molecule has 0 saturated heterocycles. The molecule has 3 aromatic rings. The van der Waals surface area contributed by atoms with Crippen molar-refractivity contribution in [2.24, 2.45) is 0 Å². The average molecular weight is 280 g/mol. The van der Waals surface area contributed by atoms with Gasteiger partial charge in [-0.3, -0.25) is 0 Å². The van der Waals surface area contributed by atoms with Crippen molar-refractivity contribution in [3.63, 3.8) is 0 Å². The molecule has 4 rings (SSSR count). The van der Waals surface area contributed by atoms with Gasteiger partial charge in [-0.1, -0.05) is 35.9 Å². The third kappa shape index (κ3) is 1.87. The zero-order chi connectivity index (χ0) is 14.2. The summed E-state index contributed by atoms with van der Waals surface area (Å²) in [5, 5.41) is 6.21. The molecular weight excluding hydrogens is 268 g/mol. The molecule has 2 aromatic heterocycles. The first-order valence-electron chi connectivity index (χ1n) is 6.40. The van der Waals surface area contributed by atoms with Gasteiger partial charge in [0, 0.05) is 11.8 Å². The van der Waals surface area contributed by atoms with Crippen molar-refractivity contribution in [1.82, 2.24) is 20.2 Å². The van der Waals surface area contributed by atoms with Crippen LogP contribution in [0.15, 0.2) is 55.1 Å². The first kappa shape index (κ1) is 11.7. The summed E-state index contributed by atoms with van der Waals surface area (Å²) in [4.78, 5) is 9.37. The Hall–Kier alpha value is -3.06. The number of hydrogen-bond acceptors (Lipinski definition) is 6. The molecule has 0 radical (unpaired) electrons. The molecule has 0 saturated carbocycles. The van der Waals surface area contributed by atoms with Gasteiger partial charge < -0.3 is 10.6 Å². The Morgan fingerprint density at radius 1 is 1.14 bits per heavy atom. The molecule has 3 N–H and O–H groups in total. The summed E-state index contributed by atoms with van der Waals surface area (Å²) in [7, 11) is 0. The van der Waals surface area contributed by atoms with Crippen LogP contribution in [0.5, 0.6) is 0 Å². The molecule has 0 fully saturated rings. The predicted molar refractivity (Wildman–Crippen MR) is 78.7 cm³/mol. The van der Waals surface area contributed by atoms with Crippen LogP contribution in [0.25, 0.3) is 16.9 Å². The van der Waals surface area contributed by atoms with Gasteiger partial charge >= 0.3 is 0 Å². The summed E-state index contributed by atoms with van der Waals surface area (Å²) in [6, 6.07) is 11.6. The van der Waals surface area contributed by atoms with E-state index in [4.69, 9.17) is 10.6 Å². The second kappa shape index (κ2) is 4.50. The SMILES string of the molecule is Nc1nc(-c2ccccc2)nn2ccc(N3C=CON3)c12. The molecule has 0 aliphatic carbocycles. The lowest BCUT2D eigenvalue weighted by Gasteiger charge is -2.13. The molecule has 0 spiro atoms. The molecule has 1 aliphatic rings. The van der Waals surface area contributed by atoms with E-state index in [0.717, 1.165) is 16.8 Å². The Balaban J connectivity index is 1.87. The fourth-order valence-electron chi connectivity index (χ4n) is 2.28. The van der Waals surface area contributed by atoms with E-state index in [1.54, 1.807) is 22.0 Å². The van der Waals surface area contributed by atoms with Crippen LogP contribution in [-0.2, 0) is 4.84 Å². The minimum absolute atomic E-state index is 0.408. The number of hydrazine groups is 1. The van der Waals surface area contributed by atoms with Gasteiger partial charge in [0.15, 0.2) is 11.6 Å². The van der Waals surface area contributed by atoms with E-state index in [2.05, 4.69) is 15.7 Å². The van der Waals surface area contributed by atoms with Crippen LogP contribution in [0, 0.1) is 0 Å². The zero-order valence-electron chi connectivity index (χ0n) is 11.0. The van der Waals surface area contributed by atoms with Crippen LogP contribution in [-0.4, -0.2) is 14.6 Å². The van der Waals surface area contributed by atoms with E-state index in [0.29, 0.717) is 11.6 Å². The summed E-state index contributed by atoms with van der Waals surface area (Å²) in [5.41, 5.74) is 11.3. The van der Waals surface area contributed by atoms with Crippen molar-refractivity contribution in [3.05, 3.63) is 55.1 Å². The third-order valence-corrected chi connectivity index (χ3v) is 3.24. The maximum Gasteiger partial charge on any atom is 0.182 e. The van der Waals surface area contributed by atoms with Gasteiger partial charge in [0.05, 0.1) is 11.9 Å². The number of aromatic nitrogens is 3. The first-order valence-corrected chi connectivity index (χ1v) is 6.40. The highest BCUT2D eigenvalue weighted by molar-refractivity contribution is 5.84. The van der Waals surface area contributed by atoms with Gasteiger partial charge in [-0.05, 0) is 6.07 Å². The number of hydrogen-bond donors (Lipinski definition) is 2. The number of nitrogen functional groups attached to an aromatic ring is 1. The summed E-state index contributed by atoms with van der Waals surface area (Å²) < 4.78 is 1.72. The highest BCUT2D eigenvalue weighted by Gasteiger charge is 2.17. The third-order valence-electron chi connectivity index (χ3n) is 3.24. The van der Waals surface area contributed by atoms with Crippen LogP contribution >= 0.6 is 0 Å². The van der Waals surface area contributed by atoms with Gasteiger partial charge in [-0.25, -0.2) is 14.5 Å². The molecular formula is C14H12N6O. The number of nitrogens with one attached hydrogen (secondary N) is 1. The van der Waals surface area contributed by atoms with E-state index in [-0.39, 0.29) is 0 Å². The Morgan fingerprint density at radius 2 is 2.00 bits per heavy atom. The molecule has 1 aromatic carbocycles. The van der Waals surface area contributed by atoms with Crippen molar-refractivity contribution in [2.75, 3.05) is 10.7 Å². The van der Waals surface area contributed by atoms with Crippen LogP contribution in [0.4, 0.5) is 11.5 Å². The van der Waals surface area contributed by atoms with E-state index >= 15 is 0 Å². The lowest BCUT2D eigenvalue weighted by Crippen LogP contribution is -2.27. The van der Waals surface area contributed by atoms with E-state index in [9.17, 15) is 0 Å². The first-order chi connectivity index (χ1) is 10.3. The second-order valence-electron chi connectivity index (χ2n) is 4.55. The topological polar surface area (TPSA) is 80.7 Å². The van der Waals surface area contributed by atoms with Crippen molar-refractivity contribution in [1.29, 1.82) is 0 Å². The quantitative estimate of drug-likeness (QED) is 0.743.